The normalized spacial score (nSPS) is 13.9. The molecule has 162 valence electrons. The van der Waals surface area contributed by atoms with Crippen molar-refractivity contribution in [1.82, 2.24) is 15.5 Å². The Morgan fingerprint density at radius 3 is 2.58 bits per heavy atom. The summed E-state index contributed by atoms with van der Waals surface area (Å²) in [7, 11) is 0. The molecule has 1 aromatic carbocycles. The highest BCUT2D eigenvalue weighted by Gasteiger charge is 2.33. The van der Waals surface area contributed by atoms with E-state index in [1.54, 1.807) is 24.3 Å². The first-order valence-electron chi connectivity index (χ1n) is 9.01. The zero-order valence-electron chi connectivity index (χ0n) is 16.1. The van der Waals surface area contributed by atoms with Crippen molar-refractivity contribution in [2.75, 3.05) is 11.6 Å². The van der Waals surface area contributed by atoms with Crippen LogP contribution in [0.1, 0.15) is 13.3 Å². The van der Waals surface area contributed by atoms with Crippen molar-refractivity contribution < 1.29 is 33.4 Å². The fourth-order valence-electron chi connectivity index (χ4n) is 2.78. The predicted octanol–water partition coefficient (Wildman–Crippen LogP) is 2.10. The summed E-state index contributed by atoms with van der Waals surface area (Å²) in [5.41, 5.74) is 0.926. The number of Topliss-reactive ketones (excluding diaryl/α,β-unsaturated/α-hetero) is 1. The zero-order chi connectivity index (χ0) is 22.5. The number of benzene rings is 1. The van der Waals surface area contributed by atoms with Crippen LogP contribution in [0.3, 0.4) is 0 Å². The Bertz CT molecular complexity index is 990. The lowest BCUT2D eigenvalue weighted by Crippen LogP contribution is -2.48. The highest BCUT2D eigenvalue weighted by Crippen LogP contribution is 2.47. The Labute approximate surface area is 179 Å². The molecule has 31 heavy (non-hydrogen) atoms. The molecule has 0 saturated heterocycles. The molecule has 2 aromatic rings. The van der Waals surface area contributed by atoms with Gasteiger partial charge >= 0.3 is 12.1 Å². The lowest BCUT2D eigenvalue weighted by atomic mass is 10.1. The first-order chi connectivity index (χ1) is 14.8. The van der Waals surface area contributed by atoms with Crippen molar-refractivity contribution in [3.05, 3.63) is 36.7 Å². The van der Waals surface area contributed by atoms with Crippen LogP contribution in [0.5, 0.6) is 0 Å². The number of carboxylic acid groups (broad SMARTS) is 1. The largest absolute Gasteiger partial charge is 0.481 e. The summed E-state index contributed by atoms with van der Waals surface area (Å²) in [5, 5.41) is 18.6. The topological polar surface area (TPSA) is 139 Å². The molecule has 0 fully saturated rings. The monoisotopic (exact) mass is 448 g/mol. The number of hydrogen-bond donors (Lipinski definition) is 2. The number of carboxylic acids is 1. The van der Waals surface area contributed by atoms with Crippen molar-refractivity contribution in [2.24, 2.45) is 0 Å². The standard InChI is InChI=1S/C19H17FN4O6S/c1-10(18(28)23-11(6-17(26)27)14(25)7-20)30-19(29)24-12-4-2-3-5-15(12)31-16-9-22-21-8-13(16)24/h2-5,8-11H,6-7H2,1H3,(H,23,28)(H,26,27). The Morgan fingerprint density at radius 1 is 1.16 bits per heavy atom. The number of fused-ring (bicyclic) bond motifs is 2. The molecule has 2 heterocycles. The summed E-state index contributed by atoms with van der Waals surface area (Å²) in [6.07, 6.45) is -0.205. The third kappa shape index (κ3) is 4.97. The quantitative estimate of drug-likeness (QED) is 0.652. The van der Waals surface area contributed by atoms with Gasteiger partial charge in [0.05, 0.1) is 35.1 Å². The lowest BCUT2D eigenvalue weighted by Gasteiger charge is -2.30. The Balaban J connectivity index is 1.77. The molecule has 12 heteroatoms. The molecule has 2 atom stereocenters. The maximum Gasteiger partial charge on any atom is 0.419 e. The Morgan fingerprint density at radius 2 is 1.87 bits per heavy atom. The second kappa shape index (κ2) is 9.51. The van der Waals surface area contributed by atoms with E-state index in [0.29, 0.717) is 16.3 Å². The molecule has 1 aromatic heterocycles. The van der Waals surface area contributed by atoms with Gasteiger partial charge in [-0.25, -0.2) is 14.1 Å². The number of alkyl halides is 1. The Kier molecular flexibility index (Phi) is 6.80. The van der Waals surface area contributed by atoms with E-state index >= 15 is 0 Å². The number of rotatable bonds is 7. The molecular weight excluding hydrogens is 431 g/mol. The number of nitrogens with zero attached hydrogens (tertiary/aromatic N) is 3. The number of ketones is 1. The van der Waals surface area contributed by atoms with Gasteiger partial charge < -0.3 is 15.2 Å². The molecule has 0 saturated carbocycles. The smallest absolute Gasteiger partial charge is 0.419 e. The van der Waals surface area contributed by atoms with Gasteiger partial charge in [-0.15, -0.1) is 0 Å². The molecular formula is C19H17FN4O6S. The molecule has 0 spiro atoms. The minimum absolute atomic E-state index is 0.410. The van der Waals surface area contributed by atoms with E-state index in [4.69, 9.17) is 9.84 Å². The second-order valence-electron chi connectivity index (χ2n) is 6.43. The van der Waals surface area contributed by atoms with Crippen molar-refractivity contribution in [3.8, 4) is 0 Å². The number of amides is 2. The van der Waals surface area contributed by atoms with Gasteiger partial charge in [-0.2, -0.15) is 10.2 Å². The third-order valence-electron chi connectivity index (χ3n) is 4.29. The van der Waals surface area contributed by atoms with Crippen molar-refractivity contribution in [2.45, 2.75) is 35.3 Å². The van der Waals surface area contributed by atoms with Gasteiger partial charge in [-0.1, -0.05) is 23.9 Å². The number of aromatic nitrogens is 2. The van der Waals surface area contributed by atoms with Gasteiger partial charge in [0.25, 0.3) is 5.91 Å². The van der Waals surface area contributed by atoms with Crippen LogP contribution >= 0.6 is 11.8 Å². The highest BCUT2D eigenvalue weighted by atomic mass is 32.2. The maximum absolute atomic E-state index is 12.9. The number of halogens is 1. The lowest BCUT2D eigenvalue weighted by molar-refractivity contribution is -0.141. The van der Waals surface area contributed by atoms with E-state index in [-0.39, 0.29) is 0 Å². The van der Waals surface area contributed by atoms with Crippen LogP contribution in [0.25, 0.3) is 0 Å². The molecule has 2 amide bonds. The minimum Gasteiger partial charge on any atom is -0.481 e. The molecule has 3 rings (SSSR count). The molecule has 0 bridgehead atoms. The Hall–Kier alpha value is -3.54. The molecule has 1 aliphatic rings. The van der Waals surface area contributed by atoms with Crippen LogP contribution in [0.15, 0.2) is 46.5 Å². The van der Waals surface area contributed by atoms with Gasteiger partial charge in [0, 0.05) is 4.90 Å². The number of carbonyl (C=O) groups is 4. The van der Waals surface area contributed by atoms with E-state index in [1.807, 2.05) is 0 Å². The number of para-hydroxylation sites is 1. The fourth-order valence-corrected chi connectivity index (χ4v) is 3.78. The minimum atomic E-state index is -1.57. The summed E-state index contributed by atoms with van der Waals surface area (Å²) in [5.74, 6) is -3.42. The highest BCUT2D eigenvalue weighted by molar-refractivity contribution is 7.99. The van der Waals surface area contributed by atoms with E-state index in [9.17, 15) is 23.6 Å². The fraction of sp³-hybridized carbons (Fsp3) is 0.263. The number of ether oxygens (including phenoxy) is 1. The van der Waals surface area contributed by atoms with Crippen LogP contribution in [0.4, 0.5) is 20.6 Å². The van der Waals surface area contributed by atoms with Crippen LogP contribution in [-0.2, 0) is 19.1 Å². The number of hydrogen-bond acceptors (Lipinski definition) is 8. The van der Waals surface area contributed by atoms with Crippen molar-refractivity contribution in [1.29, 1.82) is 0 Å². The SMILES string of the molecule is CC(OC(=O)N1c2ccccc2Sc2cnncc21)C(=O)NC(CC(=O)O)C(=O)CF. The third-order valence-corrected chi connectivity index (χ3v) is 5.39. The van der Waals surface area contributed by atoms with Gasteiger partial charge in [0.2, 0.25) is 0 Å². The van der Waals surface area contributed by atoms with Gasteiger partial charge in [-0.05, 0) is 19.1 Å². The summed E-state index contributed by atoms with van der Waals surface area (Å²) in [6, 6.07) is 5.46. The van der Waals surface area contributed by atoms with Gasteiger partial charge in [0.15, 0.2) is 11.9 Å². The zero-order valence-corrected chi connectivity index (χ0v) is 17.0. The van der Waals surface area contributed by atoms with Gasteiger partial charge in [0.1, 0.15) is 12.7 Å². The average Bonchev–Trinajstić information content (AvgIpc) is 2.75. The molecule has 0 radical (unpaired) electrons. The summed E-state index contributed by atoms with van der Waals surface area (Å²) in [6.45, 7) is -0.187. The number of carbonyl (C=O) groups excluding carboxylic acids is 3. The predicted molar refractivity (Wildman–Crippen MR) is 106 cm³/mol. The van der Waals surface area contributed by atoms with Crippen LogP contribution < -0.4 is 10.2 Å². The molecule has 2 N–H and O–H groups in total. The maximum atomic E-state index is 12.9. The molecule has 1 aliphatic heterocycles. The molecule has 2 unspecified atom stereocenters. The first kappa shape index (κ1) is 22.2. The number of nitrogens with one attached hydrogen (secondary N) is 1. The number of aliphatic carboxylic acids is 1. The summed E-state index contributed by atoms with van der Waals surface area (Å²) in [4.78, 5) is 50.4. The first-order valence-corrected chi connectivity index (χ1v) is 9.82. The second-order valence-corrected chi connectivity index (χ2v) is 7.51. The van der Waals surface area contributed by atoms with E-state index < -0.39 is 49.0 Å². The van der Waals surface area contributed by atoms with E-state index in [0.717, 1.165) is 4.90 Å². The average molecular weight is 448 g/mol. The van der Waals surface area contributed by atoms with E-state index in [2.05, 4.69) is 15.5 Å². The van der Waals surface area contributed by atoms with Crippen molar-refractivity contribution in [3.63, 3.8) is 0 Å². The van der Waals surface area contributed by atoms with Crippen LogP contribution in [0, 0.1) is 0 Å². The van der Waals surface area contributed by atoms with E-state index in [1.165, 1.54) is 36.0 Å². The molecule has 10 nitrogen and oxygen atoms in total. The van der Waals surface area contributed by atoms with Crippen LogP contribution in [0.2, 0.25) is 0 Å². The van der Waals surface area contributed by atoms with Crippen molar-refractivity contribution >= 4 is 46.9 Å². The van der Waals surface area contributed by atoms with Crippen LogP contribution in [-0.4, -0.2) is 57.9 Å². The number of anilines is 2. The summed E-state index contributed by atoms with van der Waals surface area (Å²) < 4.78 is 17.9. The van der Waals surface area contributed by atoms with Gasteiger partial charge in [-0.3, -0.25) is 14.4 Å². The summed E-state index contributed by atoms with van der Waals surface area (Å²) >= 11 is 1.39. The molecule has 0 aliphatic carbocycles.